The maximum atomic E-state index is 5.72. The molecule has 0 saturated heterocycles. The first-order chi connectivity index (χ1) is 5.05. The van der Waals surface area contributed by atoms with Crippen LogP contribution >= 0.6 is 0 Å². The summed E-state index contributed by atoms with van der Waals surface area (Å²) in [5, 5.41) is 0. The molecular formula is C10H21N. The van der Waals surface area contributed by atoms with Crippen molar-refractivity contribution >= 4 is 0 Å². The number of nitrogens with two attached hydrogens (primary N) is 1. The fraction of sp³-hybridized carbons (Fsp3) is 1.00. The molecule has 1 rings (SSSR count). The van der Waals surface area contributed by atoms with Gasteiger partial charge in [0.25, 0.3) is 0 Å². The second-order valence-corrected chi connectivity index (χ2v) is 4.90. The van der Waals surface area contributed by atoms with Crippen molar-refractivity contribution in [2.24, 2.45) is 23.0 Å². The largest absolute Gasteiger partial charge is 0.330 e. The number of hydrogen-bond acceptors (Lipinski definition) is 1. The molecule has 1 heteroatoms. The molecule has 1 fully saturated rings. The molecule has 1 nitrogen and oxygen atoms in total. The van der Waals surface area contributed by atoms with Gasteiger partial charge in [-0.2, -0.15) is 0 Å². The lowest BCUT2D eigenvalue weighted by atomic mass is 9.75. The summed E-state index contributed by atoms with van der Waals surface area (Å²) in [6, 6.07) is 0. The van der Waals surface area contributed by atoms with E-state index < -0.39 is 0 Å². The highest BCUT2D eigenvalue weighted by atomic mass is 14.6. The zero-order valence-corrected chi connectivity index (χ0v) is 8.06. The molecule has 66 valence electrons. The Bertz CT molecular complexity index is 123. The van der Waals surface area contributed by atoms with Gasteiger partial charge in [-0.05, 0) is 36.6 Å². The standard InChI is InChI=1S/C10H21N/c1-10(2,3)9-6-4-5-8(9)7-11/h8-9H,4-7,11H2,1-3H3/t8-,9-/m1/s1. The van der Waals surface area contributed by atoms with Crippen LogP contribution in [0.2, 0.25) is 0 Å². The van der Waals surface area contributed by atoms with Crippen LogP contribution in [0.5, 0.6) is 0 Å². The van der Waals surface area contributed by atoms with Gasteiger partial charge < -0.3 is 5.73 Å². The van der Waals surface area contributed by atoms with Crippen molar-refractivity contribution in [3.05, 3.63) is 0 Å². The van der Waals surface area contributed by atoms with Gasteiger partial charge in [-0.1, -0.05) is 27.2 Å². The van der Waals surface area contributed by atoms with Crippen molar-refractivity contribution in [2.75, 3.05) is 6.54 Å². The smallest absolute Gasteiger partial charge is 0.00460 e. The average Bonchev–Trinajstić information content (AvgIpc) is 2.31. The molecule has 2 N–H and O–H groups in total. The molecule has 0 aromatic heterocycles. The second-order valence-electron chi connectivity index (χ2n) is 4.90. The normalized spacial score (nSPS) is 32.7. The van der Waals surface area contributed by atoms with E-state index in [9.17, 15) is 0 Å². The van der Waals surface area contributed by atoms with Crippen LogP contribution in [0.4, 0.5) is 0 Å². The maximum absolute atomic E-state index is 5.72. The maximum Gasteiger partial charge on any atom is -0.00460 e. The molecule has 0 heterocycles. The van der Waals surface area contributed by atoms with Crippen LogP contribution in [0, 0.1) is 17.3 Å². The average molecular weight is 155 g/mol. The van der Waals surface area contributed by atoms with Gasteiger partial charge in [0, 0.05) is 0 Å². The predicted octanol–water partition coefficient (Wildman–Crippen LogP) is 2.41. The summed E-state index contributed by atoms with van der Waals surface area (Å²) in [7, 11) is 0. The Morgan fingerprint density at radius 1 is 1.27 bits per heavy atom. The molecule has 0 unspecified atom stereocenters. The van der Waals surface area contributed by atoms with Gasteiger partial charge in [0.05, 0.1) is 0 Å². The summed E-state index contributed by atoms with van der Waals surface area (Å²) in [5.41, 5.74) is 6.19. The van der Waals surface area contributed by atoms with Gasteiger partial charge in [0.15, 0.2) is 0 Å². The summed E-state index contributed by atoms with van der Waals surface area (Å²) in [5.74, 6) is 1.67. The zero-order valence-electron chi connectivity index (χ0n) is 8.06. The Kier molecular flexibility index (Phi) is 2.58. The van der Waals surface area contributed by atoms with E-state index in [4.69, 9.17) is 5.73 Å². The molecule has 1 saturated carbocycles. The molecule has 1 aliphatic rings. The number of hydrogen-bond donors (Lipinski definition) is 1. The SMILES string of the molecule is CC(C)(C)[C@@H]1CCC[C@@H]1CN. The molecule has 1 aliphatic carbocycles. The molecule has 0 bridgehead atoms. The van der Waals surface area contributed by atoms with E-state index in [2.05, 4.69) is 20.8 Å². The van der Waals surface area contributed by atoms with Crippen LogP contribution in [-0.4, -0.2) is 6.54 Å². The minimum Gasteiger partial charge on any atom is -0.330 e. The molecule has 0 amide bonds. The Balaban J connectivity index is 2.57. The van der Waals surface area contributed by atoms with Crippen LogP contribution in [0.15, 0.2) is 0 Å². The van der Waals surface area contributed by atoms with Crippen molar-refractivity contribution in [3.63, 3.8) is 0 Å². The Morgan fingerprint density at radius 3 is 2.27 bits per heavy atom. The van der Waals surface area contributed by atoms with E-state index in [0.29, 0.717) is 5.41 Å². The molecule has 11 heavy (non-hydrogen) atoms. The molecular weight excluding hydrogens is 134 g/mol. The summed E-state index contributed by atoms with van der Waals surface area (Å²) in [4.78, 5) is 0. The van der Waals surface area contributed by atoms with Crippen molar-refractivity contribution in [2.45, 2.75) is 40.0 Å². The van der Waals surface area contributed by atoms with Crippen molar-refractivity contribution in [1.29, 1.82) is 0 Å². The third kappa shape index (κ3) is 1.96. The van der Waals surface area contributed by atoms with Gasteiger partial charge >= 0.3 is 0 Å². The summed E-state index contributed by atoms with van der Waals surface area (Å²) in [6.07, 6.45) is 4.15. The minimum atomic E-state index is 0.473. The lowest BCUT2D eigenvalue weighted by molar-refractivity contribution is 0.189. The molecule has 0 aromatic carbocycles. The van der Waals surface area contributed by atoms with E-state index in [1.165, 1.54) is 19.3 Å². The Hall–Kier alpha value is -0.0400. The molecule has 0 aromatic rings. The first kappa shape index (κ1) is 9.05. The van der Waals surface area contributed by atoms with Crippen molar-refractivity contribution < 1.29 is 0 Å². The fourth-order valence-corrected chi connectivity index (χ4v) is 2.46. The van der Waals surface area contributed by atoms with Gasteiger partial charge in [0.1, 0.15) is 0 Å². The highest BCUT2D eigenvalue weighted by Gasteiger charge is 2.34. The van der Waals surface area contributed by atoms with Crippen LogP contribution in [0.1, 0.15) is 40.0 Å². The Morgan fingerprint density at radius 2 is 1.91 bits per heavy atom. The zero-order chi connectivity index (χ0) is 8.48. The lowest BCUT2D eigenvalue weighted by Crippen LogP contribution is -2.28. The van der Waals surface area contributed by atoms with Crippen LogP contribution in [0.25, 0.3) is 0 Å². The van der Waals surface area contributed by atoms with E-state index in [1.54, 1.807) is 0 Å². The third-order valence-electron chi connectivity index (χ3n) is 3.07. The fourth-order valence-electron chi connectivity index (χ4n) is 2.46. The molecule has 0 radical (unpaired) electrons. The van der Waals surface area contributed by atoms with E-state index >= 15 is 0 Å². The minimum absolute atomic E-state index is 0.473. The first-order valence-corrected chi connectivity index (χ1v) is 4.76. The van der Waals surface area contributed by atoms with E-state index in [0.717, 1.165) is 18.4 Å². The molecule has 0 aliphatic heterocycles. The predicted molar refractivity (Wildman–Crippen MR) is 49.3 cm³/mol. The van der Waals surface area contributed by atoms with Gasteiger partial charge in [0.2, 0.25) is 0 Å². The lowest BCUT2D eigenvalue weighted by Gasteiger charge is -2.31. The van der Waals surface area contributed by atoms with Gasteiger partial charge in [-0.25, -0.2) is 0 Å². The molecule has 2 atom stereocenters. The second kappa shape index (κ2) is 3.14. The van der Waals surface area contributed by atoms with E-state index in [1.807, 2.05) is 0 Å². The summed E-state index contributed by atoms with van der Waals surface area (Å²) < 4.78 is 0. The summed E-state index contributed by atoms with van der Waals surface area (Å²) in [6.45, 7) is 7.91. The van der Waals surface area contributed by atoms with Gasteiger partial charge in [-0.3, -0.25) is 0 Å². The highest BCUT2D eigenvalue weighted by Crippen LogP contribution is 2.42. The Labute approximate surface area is 70.4 Å². The monoisotopic (exact) mass is 155 g/mol. The van der Waals surface area contributed by atoms with Gasteiger partial charge in [-0.15, -0.1) is 0 Å². The van der Waals surface area contributed by atoms with Crippen LogP contribution < -0.4 is 5.73 Å². The van der Waals surface area contributed by atoms with Crippen molar-refractivity contribution in [1.82, 2.24) is 0 Å². The number of rotatable bonds is 1. The van der Waals surface area contributed by atoms with E-state index in [-0.39, 0.29) is 0 Å². The first-order valence-electron chi connectivity index (χ1n) is 4.76. The van der Waals surface area contributed by atoms with Crippen LogP contribution in [-0.2, 0) is 0 Å². The topological polar surface area (TPSA) is 26.0 Å². The van der Waals surface area contributed by atoms with Crippen LogP contribution in [0.3, 0.4) is 0 Å². The highest BCUT2D eigenvalue weighted by molar-refractivity contribution is 4.85. The summed E-state index contributed by atoms with van der Waals surface area (Å²) >= 11 is 0. The van der Waals surface area contributed by atoms with Crippen molar-refractivity contribution in [3.8, 4) is 0 Å². The third-order valence-corrected chi connectivity index (χ3v) is 3.07. The molecule has 0 spiro atoms. The quantitative estimate of drug-likeness (QED) is 0.618.